The van der Waals surface area contributed by atoms with Gasteiger partial charge in [0.15, 0.2) is 5.82 Å². The van der Waals surface area contributed by atoms with Crippen LogP contribution in [-0.2, 0) is 0 Å². The number of hydrogen-bond donors (Lipinski definition) is 0. The quantitative estimate of drug-likeness (QED) is 0.168. The molecule has 13 rings (SSSR count). The third-order valence-electron chi connectivity index (χ3n) is 11.9. The molecule has 0 unspecified atom stereocenters. The van der Waals surface area contributed by atoms with Gasteiger partial charge in [0, 0.05) is 43.3 Å². The van der Waals surface area contributed by atoms with Crippen molar-refractivity contribution in [1.29, 1.82) is 0 Å². The van der Waals surface area contributed by atoms with Gasteiger partial charge in [-0.3, -0.25) is 4.57 Å². The molecule has 0 amide bonds. The molecule has 13 aromatic rings. The summed E-state index contributed by atoms with van der Waals surface area (Å²) >= 11 is 0. The van der Waals surface area contributed by atoms with Crippen molar-refractivity contribution in [1.82, 2.24) is 14.5 Å². The van der Waals surface area contributed by atoms with Crippen LogP contribution in [0.25, 0.3) is 126 Å². The summed E-state index contributed by atoms with van der Waals surface area (Å²) in [6.45, 7) is 0. The zero-order valence-electron chi connectivity index (χ0n) is 30.0. The van der Waals surface area contributed by atoms with Crippen molar-refractivity contribution < 1.29 is 4.42 Å². The monoisotopic (exact) mass is 711 g/mol. The van der Waals surface area contributed by atoms with Gasteiger partial charge in [-0.2, -0.15) is 0 Å². The number of aromatic nitrogens is 3. The summed E-state index contributed by atoms with van der Waals surface area (Å²) < 4.78 is 9.11. The van der Waals surface area contributed by atoms with Crippen molar-refractivity contribution in [2.75, 3.05) is 0 Å². The van der Waals surface area contributed by atoms with Gasteiger partial charge in [0.05, 0.1) is 22.1 Å². The molecule has 56 heavy (non-hydrogen) atoms. The second kappa shape index (κ2) is 11.0. The molecule has 0 aliphatic heterocycles. The van der Waals surface area contributed by atoms with Crippen molar-refractivity contribution in [2.45, 2.75) is 0 Å². The summed E-state index contributed by atoms with van der Waals surface area (Å²) in [6.07, 6.45) is 0. The number of para-hydroxylation sites is 2. The Labute approximate surface area is 319 Å². The standard InChI is InChI=1S/C52H29N3O/c1-3-14-32-30(12-1)25-28-43-48(32)54-49(42-22-11-21-40-37-19-9-10-23-45(37)56-51(40)42)52(53-43)55-44-29-27-39-36-18-6-5-16-34(36)35-17-7-8-20-38(35)46(39)47(44)41-26-24-31-13-2-4-15-33(31)50(41)55/h1-29H. The maximum atomic E-state index is 6.72. The average molecular weight is 712 g/mol. The lowest BCUT2D eigenvalue weighted by Gasteiger charge is -2.16. The summed E-state index contributed by atoms with van der Waals surface area (Å²) in [6, 6.07) is 62.9. The molecule has 0 aliphatic rings. The maximum Gasteiger partial charge on any atom is 0.165 e. The van der Waals surface area contributed by atoms with E-state index >= 15 is 0 Å². The Hall–Kier alpha value is -7.56. The van der Waals surface area contributed by atoms with Crippen molar-refractivity contribution in [2.24, 2.45) is 0 Å². The molecule has 0 bridgehead atoms. The second-order valence-electron chi connectivity index (χ2n) is 14.8. The Balaban J connectivity index is 1.28. The number of hydrogen-bond acceptors (Lipinski definition) is 3. The molecule has 0 saturated carbocycles. The molecule has 0 N–H and O–H groups in total. The summed E-state index contributed by atoms with van der Waals surface area (Å²) in [5, 5.41) is 16.5. The molecule has 0 saturated heterocycles. The fourth-order valence-corrected chi connectivity index (χ4v) is 9.53. The van der Waals surface area contributed by atoms with Gasteiger partial charge in [-0.15, -0.1) is 0 Å². The molecule has 4 nitrogen and oxygen atoms in total. The van der Waals surface area contributed by atoms with Gasteiger partial charge in [-0.1, -0.05) is 152 Å². The molecule has 3 heterocycles. The number of nitrogens with zero attached hydrogens (tertiary/aromatic N) is 3. The van der Waals surface area contributed by atoms with E-state index in [1.807, 2.05) is 12.1 Å². The van der Waals surface area contributed by atoms with E-state index in [1.165, 1.54) is 48.5 Å². The first kappa shape index (κ1) is 29.8. The van der Waals surface area contributed by atoms with Gasteiger partial charge in [0.2, 0.25) is 0 Å². The normalized spacial score (nSPS) is 12.3. The van der Waals surface area contributed by atoms with Crippen LogP contribution in [0.5, 0.6) is 0 Å². The SMILES string of the molecule is c1ccc2c(c1)ccc1nc(-n3c4ccc5c6ccccc6c6ccccc6c5c4c4ccc5ccccc5c43)c(-c3cccc4c3oc3ccccc34)nc12. The molecule has 258 valence electrons. The van der Waals surface area contributed by atoms with E-state index in [2.05, 4.69) is 168 Å². The van der Waals surface area contributed by atoms with E-state index in [9.17, 15) is 0 Å². The predicted molar refractivity (Wildman–Crippen MR) is 234 cm³/mol. The van der Waals surface area contributed by atoms with Crippen LogP contribution in [0, 0.1) is 0 Å². The number of benzene rings is 10. The largest absolute Gasteiger partial charge is 0.455 e. The van der Waals surface area contributed by atoms with Crippen molar-refractivity contribution in [3.8, 4) is 17.1 Å². The Morgan fingerprint density at radius 3 is 1.79 bits per heavy atom. The summed E-state index contributed by atoms with van der Waals surface area (Å²) in [7, 11) is 0. The molecule has 0 radical (unpaired) electrons. The minimum Gasteiger partial charge on any atom is -0.455 e. The summed E-state index contributed by atoms with van der Waals surface area (Å²) in [5.74, 6) is 0.765. The lowest BCUT2D eigenvalue weighted by atomic mass is 9.91. The first-order valence-electron chi connectivity index (χ1n) is 19.1. The zero-order valence-corrected chi connectivity index (χ0v) is 30.0. The highest BCUT2D eigenvalue weighted by atomic mass is 16.3. The number of rotatable bonds is 2. The molecule has 0 atom stereocenters. The molecule has 0 spiro atoms. The lowest BCUT2D eigenvalue weighted by Crippen LogP contribution is -2.04. The Kier molecular flexibility index (Phi) is 5.86. The van der Waals surface area contributed by atoms with Crippen molar-refractivity contribution in [3.63, 3.8) is 0 Å². The van der Waals surface area contributed by atoms with Crippen LogP contribution in [0.15, 0.2) is 180 Å². The zero-order chi connectivity index (χ0) is 36.5. The minimum absolute atomic E-state index is 0.765. The van der Waals surface area contributed by atoms with Crippen LogP contribution in [0.1, 0.15) is 0 Å². The van der Waals surface area contributed by atoms with Crippen LogP contribution in [0.3, 0.4) is 0 Å². The topological polar surface area (TPSA) is 43.9 Å². The molecular weight excluding hydrogens is 683 g/mol. The molecule has 0 fully saturated rings. The van der Waals surface area contributed by atoms with Crippen LogP contribution in [0.2, 0.25) is 0 Å². The van der Waals surface area contributed by atoms with Gasteiger partial charge in [-0.05, 0) is 62.0 Å². The molecule has 4 heteroatoms. The van der Waals surface area contributed by atoms with E-state index in [0.29, 0.717) is 0 Å². The fraction of sp³-hybridized carbons (Fsp3) is 0. The first-order chi connectivity index (χ1) is 27.8. The van der Waals surface area contributed by atoms with Crippen LogP contribution in [-0.4, -0.2) is 14.5 Å². The highest BCUT2D eigenvalue weighted by Crippen LogP contribution is 2.46. The van der Waals surface area contributed by atoms with Crippen LogP contribution >= 0.6 is 0 Å². The maximum absolute atomic E-state index is 6.72. The Bertz CT molecular complexity index is 3800. The van der Waals surface area contributed by atoms with Crippen molar-refractivity contribution in [3.05, 3.63) is 176 Å². The van der Waals surface area contributed by atoms with E-state index in [0.717, 1.165) is 77.2 Å². The Morgan fingerprint density at radius 1 is 0.393 bits per heavy atom. The second-order valence-corrected chi connectivity index (χ2v) is 14.8. The minimum atomic E-state index is 0.765. The molecule has 3 aromatic heterocycles. The van der Waals surface area contributed by atoms with Crippen molar-refractivity contribution >= 4 is 109 Å². The number of fused-ring (bicyclic) bond motifs is 18. The van der Waals surface area contributed by atoms with Crippen LogP contribution in [0.4, 0.5) is 0 Å². The summed E-state index contributed by atoms with van der Waals surface area (Å²) in [5.41, 5.74) is 7.22. The Morgan fingerprint density at radius 2 is 0.982 bits per heavy atom. The predicted octanol–water partition coefficient (Wildman–Crippen LogP) is 14.1. The summed E-state index contributed by atoms with van der Waals surface area (Å²) in [4.78, 5) is 11.3. The van der Waals surface area contributed by atoms with E-state index in [4.69, 9.17) is 14.4 Å². The highest BCUT2D eigenvalue weighted by molar-refractivity contribution is 6.36. The van der Waals surface area contributed by atoms with Crippen LogP contribution < -0.4 is 0 Å². The van der Waals surface area contributed by atoms with E-state index in [1.54, 1.807) is 0 Å². The lowest BCUT2D eigenvalue weighted by molar-refractivity contribution is 0.669. The van der Waals surface area contributed by atoms with Gasteiger partial charge in [-0.25, -0.2) is 9.97 Å². The highest BCUT2D eigenvalue weighted by Gasteiger charge is 2.25. The number of furan rings is 1. The first-order valence-corrected chi connectivity index (χ1v) is 19.1. The van der Waals surface area contributed by atoms with E-state index < -0.39 is 0 Å². The van der Waals surface area contributed by atoms with Gasteiger partial charge in [0.1, 0.15) is 16.9 Å². The van der Waals surface area contributed by atoms with E-state index in [-0.39, 0.29) is 0 Å². The van der Waals surface area contributed by atoms with Gasteiger partial charge < -0.3 is 4.42 Å². The smallest absolute Gasteiger partial charge is 0.165 e. The molecule has 0 aliphatic carbocycles. The van der Waals surface area contributed by atoms with Gasteiger partial charge >= 0.3 is 0 Å². The third kappa shape index (κ3) is 3.92. The third-order valence-corrected chi connectivity index (χ3v) is 11.9. The average Bonchev–Trinajstić information content (AvgIpc) is 3.82. The van der Waals surface area contributed by atoms with Gasteiger partial charge in [0.25, 0.3) is 0 Å². The molecule has 10 aromatic carbocycles. The molecular formula is C52H29N3O. The fourth-order valence-electron chi connectivity index (χ4n) is 9.53.